The molecule has 0 saturated carbocycles. The fourth-order valence-electron chi connectivity index (χ4n) is 18.1. The summed E-state index contributed by atoms with van der Waals surface area (Å²) in [6.07, 6.45) is 0. The Morgan fingerprint density at radius 2 is 0.504 bits per heavy atom. The third-order valence-corrected chi connectivity index (χ3v) is 25.8. The van der Waals surface area contributed by atoms with Gasteiger partial charge in [-0.3, -0.25) is 0 Å². The Morgan fingerprint density at radius 1 is 0.160 bits per heavy atom. The number of fused-ring (bicyclic) bond motifs is 16. The minimum atomic E-state index is 0.606. The van der Waals surface area contributed by atoms with Crippen LogP contribution in [0.1, 0.15) is 0 Å². The van der Waals surface area contributed by atoms with Gasteiger partial charge in [-0.05, 0) is 119 Å². The minimum Gasteiger partial charge on any atom is -0.456 e. The van der Waals surface area contributed by atoms with Gasteiger partial charge in [-0.25, -0.2) is 44.9 Å². The second kappa shape index (κ2) is 33.1. The first-order valence-corrected chi connectivity index (χ1v) is 44.5. The molecule has 0 radical (unpaired) electrons. The van der Waals surface area contributed by atoms with Gasteiger partial charge in [0.15, 0.2) is 52.4 Å². The molecule has 0 aliphatic heterocycles. The number of hydrogen-bond donors (Lipinski definition) is 0. The molecule has 0 N–H and O–H groups in total. The molecular weight excluding hydrogens is 1620 g/mol. The van der Waals surface area contributed by atoms with Crippen molar-refractivity contribution in [2.24, 2.45) is 0 Å². The Bertz CT molecular complexity index is 8900. The number of thiophene rings is 1. The lowest BCUT2D eigenvalue weighted by Crippen LogP contribution is -2.00. The van der Waals surface area contributed by atoms with Crippen molar-refractivity contribution in [3.05, 3.63) is 443 Å². The van der Waals surface area contributed by atoms with Gasteiger partial charge in [-0.15, -0.1) is 11.3 Å². The van der Waals surface area contributed by atoms with Gasteiger partial charge >= 0.3 is 0 Å². The van der Waals surface area contributed by atoms with Gasteiger partial charge in [0.2, 0.25) is 0 Å². The average Bonchev–Trinajstić information content (AvgIpc) is 1.62. The Labute approximate surface area is 756 Å². The maximum absolute atomic E-state index is 6.47. The molecule has 0 spiro atoms. The van der Waals surface area contributed by atoms with E-state index in [1.54, 1.807) is 0 Å². The van der Waals surface area contributed by atoms with E-state index in [-0.39, 0.29) is 0 Å². The predicted molar refractivity (Wildman–Crippen MR) is 540 cm³/mol. The molecule has 26 aromatic rings. The zero-order chi connectivity index (χ0) is 86.7. The van der Waals surface area contributed by atoms with Crippen LogP contribution < -0.4 is 0 Å². The highest BCUT2D eigenvalue weighted by molar-refractivity contribution is 7.26. The van der Waals surface area contributed by atoms with Gasteiger partial charge in [-0.1, -0.05) is 400 Å². The topological polar surface area (TPSA) is 142 Å². The second-order valence-corrected chi connectivity index (χ2v) is 33.6. The van der Waals surface area contributed by atoms with Gasteiger partial charge in [0.05, 0.1) is 0 Å². The minimum absolute atomic E-state index is 0.606. The third-order valence-electron chi connectivity index (χ3n) is 24.6. The number of benzene rings is 20. The summed E-state index contributed by atoms with van der Waals surface area (Å²) in [4.78, 5) is 45.1. The molecule has 0 bridgehead atoms. The van der Waals surface area contributed by atoms with Crippen molar-refractivity contribution < 1.29 is 8.83 Å². The van der Waals surface area contributed by atoms with Crippen LogP contribution in [0.25, 0.3) is 254 Å². The number of aromatic nitrogens is 9. The summed E-state index contributed by atoms with van der Waals surface area (Å²) in [5.41, 5.74) is 18.9. The summed E-state index contributed by atoms with van der Waals surface area (Å²) < 4.78 is 15.2. The smallest absolute Gasteiger partial charge is 0.164 e. The maximum Gasteiger partial charge on any atom is 0.164 e. The fraction of sp³-hybridized carbons (Fsp3) is 0. The molecule has 0 atom stereocenters. The van der Waals surface area contributed by atoms with Gasteiger partial charge < -0.3 is 8.83 Å². The zero-order valence-electron chi connectivity index (χ0n) is 70.4. The van der Waals surface area contributed by atoms with Gasteiger partial charge in [0, 0.05) is 103 Å². The van der Waals surface area contributed by atoms with E-state index in [4.69, 9.17) is 53.7 Å². The molecular formula is C119H73N9O2S. The lowest BCUT2D eigenvalue weighted by atomic mass is 9.97. The number of para-hydroxylation sites is 1. The van der Waals surface area contributed by atoms with E-state index in [0.717, 1.165) is 121 Å². The molecule has 0 unspecified atom stereocenters. The first kappa shape index (κ1) is 77.1. The molecule has 20 aromatic carbocycles. The van der Waals surface area contributed by atoms with Crippen LogP contribution in [-0.4, -0.2) is 44.9 Å². The van der Waals surface area contributed by atoms with E-state index in [1.165, 1.54) is 80.0 Å². The van der Waals surface area contributed by atoms with Crippen LogP contribution in [0.2, 0.25) is 0 Å². The van der Waals surface area contributed by atoms with Crippen LogP contribution in [0.3, 0.4) is 0 Å². The van der Waals surface area contributed by atoms with E-state index < -0.39 is 0 Å². The first-order chi connectivity index (χ1) is 64.9. The van der Waals surface area contributed by atoms with Crippen molar-refractivity contribution in [3.8, 4) is 136 Å². The normalized spacial score (nSPS) is 11.5. The molecule has 0 aliphatic carbocycles. The largest absolute Gasteiger partial charge is 0.456 e. The van der Waals surface area contributed by atoms with E-state index in [2.05, 4.69) is 315 Å². The number of furan rings is 2. The van der Waals surface area contributed by atoms with Gasteiger partial charge in [-0.2, -0.15) is 0 Å². The van der Waals surface area contributed by atoms with Gasteiger partial charge in [0.1, 0.15) is 22.3 Å². The molecule has 11 nitrogen and oxygen atoms in total. The Balaban J connectivity index is 0.000000109. The SMILES string of the molecule is c1ccc(-c2nc(-c3ccc(-c4ccc5ccccc5c4)cc3)nc(-c3ccc4c(c3)oc3ccccc34)n2)cc1.c1ccc(-c2nc(-c3ccc(-c4cccc5ccccc45)cc3)nc(-c3cccc4ccc5c6ccccc6sc5c34)n2)cc1.c1ccc(-c2nc(-c3ccc(-c4cccc5ccccc45)cc3)nc(-c3cccc4oc5c6ccccc6ccc5c34)n2)cc1. The van der Waals surface area contributed by atoms with E-state index in [1.807, 2.05) is 139 Å². The van der Waals surface area contributed by atoms with Crippen LogP contribution in [0, 0.1) is 0 Å². The highest BCUT2D eigenvalue weighted by Gasteiger charge is 2.23. The highest BCUT2D eigenvalue weighted by atomic mass is 32.1. The summed E-state index contributed by atoms with van der Waals surface area (Å²) in [6, 6.07) is 153. The molecule has 131 heavy (non-hydrogen) atoms. The third kappa shape index (κ3) is 14.6. The summed E-state index contributed by atoms with van der Waals surface area (Å²) in [5, 5.41) is 18.7. The molecule has 0 saturated heterocycles. The summed E-state index contributed by atoms with van der Waals surface area (Å²) in [6.45, 7) is 0. The zero-order valence-corrected chi connectivity index (χ0v) is 71.2. The van der Waals surface area contributed by atoms with Crippen molar-refractivity contribution in [2.45, 2.75) is 0 Å². The van der Waals surface area contributed by atoms with Crippen molar-refractivity contribution in [3.63, 3.8) is 0 Å². The summed E-state index contributed by atoms with van der Waals surface area (Å²) >= 11 is 1.83. The maximum atomic E-state index is 6.47. The standard InChI is InChI=1S/C41H25N3O.C41H25N3S.C37H23N3O/c1-2-12-29(13-3-1)39-42-40(30-22-20-28(21-23-30)32-17-8-14-26-10-4-6-15-31(26)32)44-41(43-39)35-18-9-19-36-37(35)34-25-24-27-11-5-7-16-33(27)38(34)45-36;1-2-11-29(12-3-1)39-42-40(30-22-20-27(21-23-30)32-17-8-13-26-10-4-5-15-31(26)32)44-41(43-39)35-18-9-14-28-24-25-34-33-16-6-7-19-36(33)45-38(34)37(28)35;1-2-9-26(10-3-1)35-38-36(27-17-14-25(15-18-27)29-19-16-24-8-4-5-11-28(24)22-29)40-37(39-35)30-20-21-32-31-12-6-7-13-33(31)41-34(32)23-30/h2*1-25H;1-23H. The van der Waals surface area contributed by atoms with Gasteiger partial charge in [0.25, 0.3) is 0 Å². The Hall–Kier alpha value is -17.5. The number of hydrogen-bond acceptors (Lipinski definition) is 12. The molecule has 0 amide bonds. The van der Waals surface area contributed by atoms with Crippen molar-refractivity contribution >= 4 is 129 Å². The van der Waals surface area contributed by atoms with E-state index in [9.17, 15) is 0 Å². The van der Waals surface area contributed by atoms with Crippen molar-refractivity contribution in [1.82, 2.24) is 44.9 Å². The molecule has 12 heteroatoms. The lowest BCUT2D eigenvalue weighted by molar-refractivity contribution is 0.669. The van der Waals surface area contributed by atoms with Crippen LogP contribution in [0.5, 0.6) is 0 Å². The molecule has 0 aliphatic rings. The van der Waals surface area contributed by atoms with E-state index in [0.29, 0.717) is 52.4 Å². The van der Waals surface area contributed by atoms with Crippen LogP contribution in [0.15, 0.2) is 452 Å². The highest BCUT2D eigenvalue weighted by Crippen LogP contribution is 2.45. The number of rotatable bonds is 12. The quantitative estimate of drug-likeness (QED) is 0.115. The van der Waals surface area contributed by atoms with Crippen LogP contribution in [0.4, 0.5) is 0 Å². The molecule has 26 rings (SSSR count). The molecule has 0 fully saturated rings. The van der Waals surface area contributed by atoms with Crippen molar-refractivity contribution in [2.75, 3.05) is 0 Å². The van der Waals surface area contributed by atoms with Crippen LogP contribution >= 0.6 is 11.3 Å². The fourth-order valence-corrected chi connectivity index (χ4v) is 19.4. The van der Waals surface area contributed by atoms with Crippen molar-refractivity contribution in [1.29, 1.82) is 0 Å². The Kier molecular flexibility index (Phi) is 19.5. The predicted octanol–water partition coefficient (Wildman–Crippen LogP) is 31.6. The molecule has 6 aromatic heterocycles. The van der Waals surface area contributed by atoms with Crippen LogP contribution in [-0.2, 0) is 0 Å². The lowest BCUT2D eigenvalue weighted by Gasteiger charge is -2.12. The monoisotopic (exact) mass is 1690 g/mol. The second-order valence-electron chi connectivity index (χ2n) is 32.6. The first-order valence-electron chi connectivity index (χ1n) is 43.7. The molecule has 612 valence electrons. The average molecular weight is 1690 g/mol. The summed E-state index contributed by atoms with van der Waals surface area (Å²) in [5.74, 6) is 5.72. The van der Waals surface area contributed by atoms with E-state index >= 15 is 0 Å². The molecule has 6 heterocycles. The summed E-state index contributed by atoms with van der Waals surface area (Å²) in [7, 11) is 0. The number of nitrogens with zero attached hydrogens (tertiary/aromatic N) is 9. The Morgan fingerprint density at radius 3 is 1.06 bits per heavy atom.